The van der Waals surface area contributed by atoms with Gasteiger partial charge in [0.25, 0.3) is 0 Å². The van der Waals surface area contributed by atoms with Crippen molar-refractivity contribution in [2.24, 2.45) is 11.7 Å². The maximum atomic E-state index is 15.7. The molecule has 25 nitrogen and oxygen atoms in total. The lowest BCUT2D eigenvalue weighted by Gasteiger charge is -2.32. The molecule has 7 amide bonds. The molecule has 0 unspecified atom stereocenters. The molecule has 5 aromatic carbocycles. The van der Waals surface area contributed by atoms with Crippen molar-refractivity contribution in [2.45, 2.75) is 81.2 Å². The van der Waals surface area contributed by atoms with Gasteiger partial charge >= 0.3 is 5.97 Å². The highest BCUT2D eigenvalue weighted by molar-refractivity contribution is 14.1. The second kappa shape index (κ2) is 26.6. The molecule has 0 radical (unpaired) electrons. The van der Waals surface area contributed by atoms with Gasteiger partial charge in [0.05, 0.1) is 56.6 Å². The molecule has 5 aromatic rings. The fourth-order valence-electron chi connectivity index (χ4n) is 10.1. The molecular weight excluding hydrogens is 1240 g/mol. The van der Waals surface area contributed by atoms with Gasteiger partial charge in [-0.1, -0.05) is 43.6 Å². The number of likely N-dealkylation sites (N-methyl/N-ethyl adjacent to an activating group) is 1. The minimum Gasteiger partial charge on any atom is -0.497 e. The molecule has 27 heteroatoms. The molecule has 11 bridgehead atoms. The van der Waals surface area contributed by atoms with E-state index in [1.54, 1.807) is 7.05 Å². The van der Waals surface area contributed by atoms with Crippen LogP contribution >= 0.6 is 34.2 Å². The number of aliphatic hydroxyl groups is 2. The van der Waals surface area contributed by atoms with E-state index >= 15 is 14.4 Å². The zero-order valence-corrected chi connectivity index (χ0v) is 50.0. The Morgan fingerprint density at radius 1 is 0.671 bits per heavy atom. The van der Waals surface area contributed by atoms with E-state index in [0.717, 1.165) is 7.11 Å². The minimum absolute atomic E-state index is 0.00612. The Bertz CT molecular complexity index is 3480. The van der Waals surface area contributed by atoms with Gasteiger partial charge in [0, 0.05) is 22.8 Å². The molecule has 0 saturated carbocycles. The summed E-state index contributed by atoms with van der Waals surface area (Å²) >= 11 is 8.87. The zero-order valence-electron chi connectivity index (χ0n) is 47.0. The van der Waals surface area contributed by atoms with Crippen LogP contribution in [0, 0.1) is 9.49 Å². The highest BCUT2D eigenvalue weighted by Gasteiger charge is 2.42. The summed E-state index contributed by atoms with van der Waals surface area (Å²) in [6, 6.07) is 5.92. The number of methoxy groups -OCH3 is 5. The fourth-order valence-corrected chi connectivity index (χ4v) is 10.9. The average Bonchev–Trinajstić information content (AvgIpc) is 1.61. The number of nitrogens with one attached hydrogen (secondary N) is 7. The number of aliphatic hydroxyl groups excluding tert-OH is 2. The van der Waals surface area contributed by atoms with Crippen LogP contribution in [0.15, 0.2) is 78.9 Å². The molecule has 0 aromatic heterocycles. The molecule has 85 heavy (non-hydrogen) atoms. The van der Waals surface area contributed by atoms with E-state index in [1.807, 2.05) is 36.4 Å². The van der Waals surface area contributed by atoms with Crippen LogP contribution in [-0.2, 0) is 43.1 Å². The van der Waals surface area contributed by atoms with Gasteiger partial charge < -0.3 is 86.3 Å². The van der Waals surface area contributed by atoms with Crippen LogP contribution in [0.1, 0.15) is 84.8 Å². The summed E-state index contributed by atoms with van der Waals surface area (Å²) in [6.07, 6.45) is -4.37. The highest BCUT2D eigenvalue weighted by atomic mass is 127. The summed E-state index contributed by atoms with van der Waals surface area (Å²) in [5.74, 6) is -8.71. The smallest absolute Gasteiger partial charge is 0.333 e. The van der Waals surface area contributed by atoms with Gasteiger partial charge in [-0.3, -0.25) is 33.6 Å². The Kier molecular flexibility index (Phi) is 19.6. The molecule has 5 aliphatic heterocycles. The Morgan fingerprint density at radius 3 is 1.89 bits per heavy atom. The first-order valence-corrected chi connectivity index (χ1v) is 27.8. The lowest BCUT2D eigenvalue weighted by molar-refractivity contribution is -0.146. The molecule has 0 fully saturated rings. The number of carbonyl (C=O) groups excluding carboxylic acids is 8. The van der Waals surface area contributed by atoms with Crippen LogP contribution in [0.2, 0.25) is 5.02 Å². The monoisotopic (exact) mass is 1300 g/mol. The minimum atomic E-state index is -2.01. The van der Waals surface area contributed by atoms with Crippen molar-refractivity contribution in [3.63, 3.8) is 0 Å². The molecule has 0 saturated heterocycles. The number of halogens is 2. The van der Waals surface area contributed by atoms with Gasteiger partial charge in [-0.05, 0) is 119 Å². The molecule has 5 heterocycles. The first-order valence-electron chi connectivity index (χ1n) is 26.4. The van der Waals surface area contributed by atoms with Gasteiger partial charge in [0.15, 0.2) is 17.5 Å². The third-order valence-corrected chi connectivity index (χ3v) is 15.5. The third kappa shape index (κ3) is 13.4. The van der Waals surface area contributed by atoms with E-state index in [2.05, 4.69) is 37.2 Å². The molecule has 11 N–H and O–H groups in total. The summed E-state index contributed by atoms with van der Waals surface area (Å²) in [7, 11) is 7.96. The third-order valence-electron chi connectivity index (χ3n) is 14.3. The van der Waals surface area contributed by atoms with Crippen molar-refractivity contribution in [1.29, 1.82) is 0 Å². The number of nitrogens with two attached hydrogens (primary N) is 1. The number of amides is 7. The predicted octanol–water partition coefficient (Wildman–Crippen LogP) is 3.65. The van der Waals surface area contributed by atoms with Crippen LogP contribution in [0.3, 0.4) is 0 Å². The number of primary amides is 1. The lowest BCUT2D eigenvalue weighted by Crippen LogP contribution is -2.59. The van der Waals surface area contributed by atoms with E-state index in [4.69, 9.17) is 50.5 Å². The van der Waals surface area contributed by atoms with E-state index in [9.17, 15) is 34.2 Å². The Balaban J connectivity index is 1.39. The second-order valence-electron chi connectivity index (χ2n) is 20.3. The molecule has 0 spiro atoms. The summed E-state index contributed by atoms with van der Waals surface area (Å²) in [5.41, 5.74) is 5.89. The number of ether oxygens (including phenoxy) is 7. The number of benzene rings is 5. The maximum Gasteiger partial charge on any atom is 0.333 e. The summed E-state index contributed by atoms with van der Waals surface area (Å²) in [6.45, 7) is 3.77. The number of fused-ring (bicyclic) bond motifs is 15. The molecule has 10 rings (SSSR count). The second-order valence-corrected chi connectivity index (χ2v) is 21.9. The van der Waals surface area contributed by atoms with Crippen LogP contribution in [0.4, 0.5) is 0 Å². The topological polar surface area (TPSA) is 352 Å². The fraction of sp³-hybridized carbons (Fsp3) is 0.345. The number of rotatable bonds is 12. The van der Waals surface area contributed by atoms with Gasteiger partial charge in [-0.2, -0.15) is 0 Å². The highest BCUT2D eigenvalue weighted by Crippen LogP contribution is 2.48. The van der Waals surface area contributed by atoms with Gasteiger partial charge in [-0.15, -0.1) is 0 Å². The Hall–Kier alpha value is -8.44. The molecule has 9 atom stereocenters. The standard InChI is InChI=1S/C58H62ClIN8O17/c1-24(2)15-34(62-3)52(72)67-47-50(71)27-11-14-38(33(60)18-27)85-41-20-28-19-40(51(41)82-7)84-37-13-10-26(17-32(37)59)49(70)48-57(77)66-46(58(78)83-8)31-21-29(79-4)22-39(81-6)43(31)30-16-25(9-12-36(30)80-5)44(54(74)68-48)65-55(75)45(28)64-53(73)35(23-42(61)69)63-56(47)76/h9-14,16-22,24,34-35,44-50,62,70-71H,15,23H2,1-8H3,(H2,61,69)(H,63,76)(H,64,73)(H,65,75)(H,66,77)(H,67,72)(H,68,74)/t34-,35+,44-,45-,46+,47-,48+,49-,50-/m1/s1. The number of carbonyl (C=O) groups is 8. The van der Waals surface area contributed by atoms with Crippen molar-refractivity contribution in [3.05, 3.63) is 115 Å². The number of esters is 1. The maximum absolute atomic E-state index is 15.7. The van der Waals surface area contributed by atoms with Crippen molar-refractivity contribution >= 4 is 81.5 Å². The van der Waals surface area contributed by atoms with Crippen LogP contribution in [-0.4, -0.2) is 124 Å². The first kappa shape index (κ1) is 62.6. The van der Waals surface area contributed by atoms with Crippen molar-refractivity contribution in [2.75, 3.05) is 42.6 Å². The average molecular weight is 1310 g/mol. The van der Waals surface area contributed by atoms with Gasteiger partial charge in [0.2, 0.25) is 47.1 Å². The Morgan fingerprint density at radius 2 is 1.29 bits per heavy atom. The molecule has 0 aliphatic carbocycles. The summed E-state index contributed by atoms with van der Waals surface area (Å²) < 4.78 is 41.8. The van der Waals surface area contributed by atoms with Crippen LogP contribution < -0.4 is 71.4 Å². The van der Waals surface area contributed by atoms with E-state index in [1.165, 1.54) is 107 Å². The van der Waals surface area contributed by atoms with E-state index < -0.39 is 108 Å². The lowest BCUT2D eigenvalue weighted by atomic mass is 9.89. The number of hydrogen-bond acceptors (Lipinski definition) is 18. The van der Waals surface area contributed by atoms with Crippen molar-refractivity contribution in [1.82, 2.24) is 37.2 Å². The quantitative estimate of drug-likeness (QED) is 0.0629. The molecule has 450 valence electrons. The summed E-state index contributed by atoms with van der Waals surface area (Å²) in [5, 5.41) is 42.6. The molecule has 5 aliphatic rings. The van der Waals surface area contributed by atoms with Crippen molar-refractivity contribution < 1.29 is 81.7 Å². The summed E-state index contributed by atoms with van der Waals surface area (Å²) in [4.78, 5) is 116. The normalized spacial score (nSPS) is 21.6. The van der Waals surface area contributed by atoms with E-state index in [-0.39, 0.29) is 95.9 Å². The number of hydrogen-bond donors (Lipinski definition) is 10. The van der Waals surface area contributed by atoms with E-state index in [0.29, 0.717) is 9.99 Å². The molecular formula is C58H62ClIN8O17. The van der Waals surface area contributed by atoms with Gasteiger partial charge in [-0.25, -0.2) is 4.79 Å². The van der Waals surface area contributed by atoms with Crippen molar-refractivity contribution in [3.8, 4) is 57.1 Å². The van der Waals surface area contributed by atoms with Crippen LogP contribution in [0.5, 0.6) is 46.0 Å². The van der Waals surface area contributed by atoms with Crippen LogP contribution in [0.25, 0.3) is 11.1 Å². The SMILES string of the molecule is CN[C@H](CC(C)C)C(=O)N[C@H]1C(=O)N[C@@H](CC(N)=O)C(=O)N[C@H]2C(=O)N[C@H]3C(=O)N[C@H](C(=O)N[C@H](C(=O)OC)c4cc(OC)cc(OC)c4-c4cc3ccc4OC)[C@H](O)c3ccc(c(Cl)c3)Oc3cc2cc(c3OC)Oc2ccc(cc2I)[C@H]1O. The largest absolute Gasteiger partial charge is 0.497 e. The Labute approximate surface area is 505 Å². The predicted molar refractivity (Wildman–Crippen MR) is 312 cm³/mol. The zero-order chi connectivity index (χ0) is 61.7. The first-order chi connectivity index (χ1) is 40.5. The van der Waals surface area contributed by atoms with Gasteiger partial charge in [0.1, 0.15) is 71.2 Å².